The smallest absolute Gasteiger partial charge is 0.320 e. The summed E-state index contributed by atoms with van der Waals surface area (Å²) in [6.45, 7) is 7.49. The third-order valence-corrected chi connectivity index (χ3v) is 9.69. The van der Waals surface area contributed by atoms with Gasteiger partial charge in [0.25, 0.3) is 0 Å². The van der Waals surface area contributed by atoms with Crippen molar-refractivity contribution in [1.29, 1.82) is 0 Å². The molecule has 2 aromatic carbocycles. The second-order valence-corrected chi connectivity index (χ2v) is 13.0. The SMILES string of the molecule is CC(C)N[C@@H]1CCN(C(=O)N2CCN(Cc3c[nH]c(-c4ccccc4)cc3=O)C3(CCCC3)C2)[C@H](c2cccc(F)c2)C1. The van der Waals surface area contributed by atoms with E-state index in [4.69, 9.17) is 0 Å². The number of rotatable bonds is 6. The molecule has 43 heavy (non-hydrogen) atoms. The number of piperazine rings is 1. The summed E-state index contributed by atoms with van der Waals surface area (Å²) in [4.78, 5) is 37.3. The number of aromatic nitrogens is 1. The maximum atomic E-state index is 14.3. The van der Waals surface area contributed by atoms with Gasteiger partial charge in [-0.15, -0.1) is 0 Å². The number of likely N-dealkylation sites (tertiary alicyclic amines) is 1. The molecule has 6 rings (SSSR count). The molecule has 0 bridgehead atoms. The number of aromatic amines is 1. The van der Waals surface area contributed by atoms with Gasteiger partial charge in [-0.05, 0) is 48.9 Å². The lowest BCUT2D eigenvalue weighted by Gasteiger charge is -2.51. The Balaban J connectivity index is 1.19. The van der Waals surface area contributed by atoms with Crippen molar-refractivity contribution in [2.75, 3.05) is 26.2 Å². The minimum absolute atomic E-state index is 0.0417. The first-order chi connectivity index (χ1) is 20.8. The predicted molar refractivity (Wildman–Crippen MR) is 168 cm³/mol. The number of urea groups is 1. The van der Waals surface area contributed by atoms with E-state index in [-0.39, 0.29) is 34.9 Å². The van der Waals surface area contributed by atoms with E-state index in [2.05, 4.69) is 29.0 Å². The van der Waals surface area contributed by atoms with E-state index in [9.17, 15) is 14.0 Å². The molecule has 2 N–H and O–H groups in total. The predicted octanol–water partition coefficient (Wildman–Crippen LogP) is 5.94. The normalized spacial score (nSPS) is 22.4. The summed E-state index contributed by atoms with van der Waals surface area (Å²) in [7, 11) is 0. The van der Waals surface area contributed by atoms with Gasteiger partial charge < -0.3 is 20.1 Å². The number of nitrogens with zero attached hydrogens (tertiary/aromatic N) is 3. The Morgan fingerprint density at radius 1 is 1.05 bits per heavy atom. The van der Waals surface area contributed by atoms with Crippen LogP contribution in [0.25, 0.3) is 11.3 Å². The molecule has 1 spiro atoms. The molecule has 1 saturated carbocycles. The molecule has 3 fully saturated rings. The Hall–Kier alpha value is -3.49. The number of carbonyl (C=O) groups is 1. The molecule has 0 unspecified atom stereocenters. The van der Waals surface area contributed by atoms with E-state index in [1.165, 1.54) is 6.07 Å². The zero-order valence-corrected chi connectivity index (χ0v) is 25.4. The van der Waals surface area contributed by atoms with Crippen LogP contribution in [0, 0.1) is 5.82 Å². The lowest BCUT2D eigenvalue weighted by Crippen LogP contribution is -2.64. The maximum Gasteiger partial charge on any atom is 0.320 e. The molecule has 1 aliphatic carbocycles. The highest BCUT2D eigenvalue weighted by molar-refractivity contribution is 5.75. The molecule has 3 heterocycles. The Kier molecular flexibility index (Phi) is 8.68. The summed E-state index contributed by atoms with van der Waals surface area (Å²) in [5.74, 6) is -0.269. The molecular weight excluding hydrogens is 541 g/mol. The van der Waals surface area contributed by atoms with Crippen molar-refractivity contribution < 1.29 is 9.18 Å². The molecule has 3 aliphatic rings. The number of H-pyrrole nitrogens is 1. The van der Waals surface area contributed by atoms with E-state index < -0.39 is 0 Å². The first-order valence-electron chi connectivity index (χ1n) is 15.9. The average molecular weight is 586 g/mol. The van der Waals surface area contributed by atoms with Crippen molar-refractivity contribution in [2.45, 2.75) is 82.6 Å². The molecule has 2 saturated heterocycles. The van der Waals surface area contributed by atoms with Gasteiger partial charge in [0.15, 0.2) is 5.43 Å². The summed E-state index contributed by atoms with van der Waals surface area (Å²) in [5, 5.41) is 3.64. The minimum Gasteiger partial charge on any atom is -0.361 e. The van der Waals surface area contributed by atoms with Crippen LogP contribution in [0.5, 0.6) is 0 Å². The maximum absolute atomic E-state index is 14.3. The van der Waals surface area contributed by atoms with Crippen molar-refractivity contribution >= 4 is 6.03 Å². The van der Waals surface area contributed by atoms with Crippen LogP contribution in [-0.4, -0.2) is 69.5 Å². The molecule has 0 radical (unpaired) electrons. The van der Waals surface area contributed by atoms with Gasteiger partial charge in [-0.1, -0.05) is 69.2 Å². The van der Waals surface area contributed by atoms with E-state index in [0.717, 1.165) is 67.5 Å². The summed E-state index contributed by atoms with van der Waals surface area (Å²) in [6.07, 6.45) is 7.79. The zero-order chi connectivity index (χ0) is 30.0. The van der Waals surface area contributed by atoms with E-state index >= 15 is 0 Å². The van der Waals surface area contributed by atoms with Crippen LogP contribution in [0.3, 0.4) is 0 Å². The first-order valence-corrected chi connectivity index (χ1v) is 15.9. The van der Waals surface area contributed by atoms with Gasteiger partial charge in [-0.25, -0.2) is 9.18 Å². The van der Waals surface area contributed by atoms with Crippen molar-refractivity contribution in [3.63, 3.8) is 0 Å². The number of piperidine rings is 1. The lowest BCUT2D eigenvalue weighted by atomic mass is 9.90. The molecule has 1 aromatic heterocycles. The first kappa shape index (κ1) is 29.6. The molecule has 2 amide bonds. The van der Waals surface area contributed by atoms with Crippen LogP contribution >= 0.6 is 0 Å². The molecule has 7 nitrogen and oxygen atoms in total. The number of nitrogens with one attached hydrogen (secondary N) is 2. The Morgan fingerprint density at radius 3 is 2.56 bits per heavy atom. The van der Waals surface area contributed by atoms with Crippen molar-refractivity contribution in [2.24, 2.45) is 0 Å². The molecular formula is C35H44FN5O2. The van der Waals surface area contributed by atoms with Crippen LogP contribution in [-0.2, 0) is 6.54 Å². The molecule has 2 aliphatic heterocycles. The summed E-state index contributed by atoms with van der Waals surface area (Å²) in [6, 6.07) is 18.8. The van der Waals surface area contributed by atoms with Gasteiger partial charge >= 0.3 is 6.03 Å². The Morgan fingerprint density at radius 2 is 1.84 bits per heavy atom. The average Bonchev–Trinajstić information content (AvgIpc) is 3.47. The number of amides is 2. The second-order valence-electron chi connectivity index (χ2n) is 13.0. The van der Waals surface area contributed by atoms with Crippen LogP contribution in [0.15, 0.2) is 71.7 Å². The number of carbonyl (C=O) groups excluding carboxylic acids is 1. The topological polar surface area (TPSA) is 71.7 Å². The number of halogens is 1. The Bertz CT molecular complexity index is 1470. The highest BCUT2D eigenvalue weighted by atomic mass is 19.1. The molecule has 8 heteroatoms. The molecule has 228 valence electrons. The highest BCUT2D eigenvalue weighted by Gasteiger charge is 2.46. The van der Waals surface area contributed by atoms with Crippen LogP contribution in [0.4, 0.5) is 9.18 Å². The van der Waals surface area contributed by atoms with Gasteiger partial charge in [0.1, 0.15) is 5.82 Å². The summed E-state index contributed by atoms with van der Waals surface area (Å²) < 4.78 is 14.3. The Labute approximate surface area is 254 Å². The van der Waals surface area contributed by atoms with Crippen LogP contribution in [0.2, 0.25) is 0 Å². The van der Waals surface area contributed by atoms with Crippen molar-refractivity contribution in [3.8, 4) is 11.3 Å². The van der Waals surface area contributed by atoms with Crippen LogP contribution < -0.4 is 10.7 Å². The minimum atomic E-state index is -0.269. The zero-order valence-electron chi connectivity index (χ0n) is 25.4. The fraction of sp³-hybridized carbons (Fsp3) is 0.486. The van der Waals surface area contributed by atoms with Gasteiger partial charge in [0.2, 0.25) is 0 Å². The van der Waals surface area contributed by atoms with E-state index in [1.54, 1.807) is 18.2 Å². The fourth-order valence-electron chi connectivity index (χ4n) is 7.57. The number of hydrogen-bond acceptors (Lipinski definition) is 4. The number of hydrogen-bond donors (Lipinski definition) is 2. The van der Waals surface area contributed by atoms with Gasteiger partial charge in [-0.3, -0.25) is 9.69 Å². The largest absolute Gasteiger partial charge is 0.361 e. The lowest BCUT2D eigenvalue weighted by molar-refractivity contribution is -0.00242. The molecule has 3 aromatic rings. The van der Waals surface area contributed by atoms with Gasteiger partial charge in [0, 0.05) is 73.9 Å². The molecule has 2 atom stereocenters. The quantitative estimate of drug-likeness (QED) is 0.376. The number of benzene rings is 2. The van der Waals surface area contributed by atoms with E-state index in [1.807, 2.05) is 52.4 Å². The van der Waals surface area contributed by atoms with Crippen molar-refractivity contribution in [3.05, 3.63) is 94.0 Å². The third kappa shape index (κ3) is 6.41. The van der Waals surface area contributed by atoms with Gasteiger partial charge in [0.05, 0.1) is 6.04 Å². The van der Waals surface area contributed by atoms with Crippen molar-refractivity contribution in [1.82, 2.24) is 25.0 Å². The van der Waals surface area contributed by atoms with Gasteiger partial charge in [-0.2, -0.15) is 0 Å². The second kappa shape index (κ2) is 12.6. The monoisotopic (exact) mass is 585 g/mol. The standard InChI is InChI=1S/C35H44FN5O2/c1-25(2)38-30-13-16-41(32(20-30)27-11-8-12-29(36)19-27)34(43)39-17-18-40(35(24-39)14-6-7-15-35)23-28-22-37-31(21-33(28)42)26-9-4-3-5-10-26/h3-5,8-12,19,21-22,25,30,32,38H,6-7,13-18,20,23-24H2,1-2H3,(H,37,42)/t30-,32+/m1/s1. The fourth-order valence-corrected chi connectivity index (χ4v) is 7.57. The summed E-state index contributed by atoms with van der Waals surface area (Å²) >= 11 is 0. The van der Waals surface area contributed by atoms with Crippen LogP contribution in [0.1, 0.15) is 69.5 Å². The summed E-state index contributed by atoms with van der Waals surface area (Å²) in [5.41, 5.74) is 3.34. The third-order valence-electron chi connectivity index (χ3n) is 9.69. The highest BCUT2D eigenvalue weighted by Crippen LogP contribution is 2.40. The number of pyridine rings is 1. The van der Waals surface area contributed by atoms with E-state index in [0.29, 0.717) is 32.2 Å².